The number of hydrogen-bond donors (Lipinski definition) is 4. The minimum absolute atomic E-state index is 0.0569. The maximum atomic E-state index is 12.4. The fourth-order valence-electron chi connectivity index (χ4n) is 3.23. The third-order valence-corrected chi connectivity index (χ3v) is 5.06. The number of amides is 3. The summed E-state index contributed by atoms with van der Waals surface area (Å²) in [6.45, 7) is 0. The summed E-state index contributed by atoms with van der Waals surface area (Å²) in [7, 11) is 1.48. The first-order valence-corrected chi connectivity index (χ1v) is 9.35. The molecule has 0 unspecified atom stereocenters. The number of aromatic amines is 1. The third-order valence-electron chi connectivity index (χ3n) is 4.76. The second kappa shape index (κ2) is 8.83. The highest BCUT2D eigenvalue weighted by atomic mass is 35.5. The molecule has 9 nitrogen and oxygen atoms in total. The molecule has 4 N–H and O–H groups in total. The zero-order valence-electron chi connectivity index (χ0n) is 15.3. The molecular weight excluding hydrogens is 384 g/mol. The van der Waals surface area contributed by atoms with Crippen molar-refractivity contribution in [2.24, 2.45) is 5.92 Å². The summed E-state index contributed by atoms with van der Waals surface area (Å²) < 4.78 is 0. The molecule has 148 valence electrons. The summed E-state index contributed by atoms with van der Waals surface area (Å²) in [5.74, 6) is -1.07. The van der Waals surface area contributed by atoms with Crippen molar-refractivity contribution in [3.05, 3.63) is 41.2 Å². The van der Waals surface area contributed by atoms with E-state index in [2.05, 4.69) is 30.9 Å². The molecule has 3 rings (SSSR count). The van der Waals surface area contributed by atoms with Crippen molar-refractivity contribution in [1.29, 1.82) is 0 Å². The van der Waals surface area contributed by atoms with Gasteiger partial charge in [-0.3, -0.25) is 14.4 Å². The monoisotopic (exact) mass is 404 g/mol. The van der Waals surface area contributed by atoms with Crippen LogP contribution in [0.5, 0.6) is 0 Å². The Morgan fingerprint density at radius 3 is 2.57 bits per heavy atom. The molecule has 1 saturated carbocycles. The second-order valence-electron chi connectivity index (χ2n) is 6.56. The Labute approximate surface area is 166 Å². The smallest absolute Gasteiger partial charge is 0.272 e. The number of aromatic nitrogens is 3. The molecule has 3 amide bonds. The average Bonchev–Trinajstić information content (AvgIpc) is 3.19. The first-order valence-electron chi connectivity index (χ1n) is 8.97. The van der Waals surface area contributed by atoms with Crippen LogP contribution in [0.2, 0.25) is 5.15 Å². The van der Waals surface area contributed by atoms with Gasteiger partial charge in [0.2, 0.25) is 5.91 Å². The first kappa shape index (κ1) is 19.8. The minimum atomic E-state index is -0.430. The quantitative estimate of drug-likeness (QED) is 0.564. The molecule has 28 heavy (non-hydrogen) atoms. The molecule has 10 heteroatoms. The molecule has 0 bridgehead atoms. The van der Waals surface area contributed by atoms with E-state index >= 15 is 0 Å². The summed E-state index contributed by atoms with van der Waals surface area (Å²) in [5.41, 5.74) is 0.678. The van der Waals surface area contributed by atoms with Crippen molar-refractivity contribution in [3.8, 4) is 0 Å². The van der Waals surface area contributed by atoms with Crippen LogP contribution >= 0.6 is 11.6 Å². The van der Waals surface area contributed by atoms with E-state index in [1.54, 1.807) is 18.3 Å². The molecule has 2 aromatic heterocycles. The topological polar surface area (TPSA) is 129 Å². The average molecular weight is 405 g/mol. The Kier molecular flexibility index (Phi) is 6.25. The van der Waals surface area contributed by atoms with Crippen molar-refractivity contribution in [2.45, 2.75) is 31.7 Å². The van der Waals surface area contributed by atoms with Gasteiger partial charge in [-0.25, -0.2) is 9.97 Å². The molecule has 0 atom stereocenters. The van der Waals surface area contributed by atoms with E-state index in [1.807, 2.05) is 0 Å². The Morgan fingerprint density at radius 1 is 1.14 bits per heavy atom. The lowest BCUT2D eigenvalue weighted by atomic mass is 9.85. The van der Waals surface area contributed by atoms with E-state index < -0.39 is 5.91 Å². The van der Waals surface area contributed by atoms with Crippen molar-refractivity contribution in [1.82, 2.24) is 25.6 Å². The summed E-state index contributed by atoms with van der Waals surface area (Å²) in [6.07, 6.45) is 5.47. The predicted octanol–water partition coefficient (Wildman–Crippen LogP) is 1.74. The molecule has 1 aliphatic rings. The highest BCUT2D eigenvalue weighted by molar-refractivity contribution is 6.32. The van der Waals surface area contributed by atoms with Gasteiger partial charge in [0.1, 0.15) is 5.69 Å². The van der Waals surface area contributed by atoms with Crippen LogP contribution in [0.25, 0.3) is 0 Å². The number of hydrogen-bond acceptors (Lipinski definition) is 5. The van der Waals surface area contributed by atoms with Crippen molar-refractivity contribution in [2.75, 3.05) is 12.4 Å². The number of imidazole rings is 1. The van der Waals surface area contributed by atoms with E-state index in [9.17, 15) is 14.4 Å². The fourth-order valence-corrected chi connectivity index (χ4v) is 3.40. The predicted molar refractivity (Wildman–Crippen MR) is 103 cm³/mol. The van der Waals surface area contributed by atoms with Crippen LogP contribution in [-0.4, -0.2) is 45.8 Å². The Hall–Kier alpha value is -2.94. The first-order chi connectivity index (χ1) is 13.5. The van der Waals surface area contributed by atoms with Crippen LogP contribution in [0.15, 0.2) is 24.7 Å². The third kappa shape index (κ3) is 4.48. The molecule has 1 fully saturated rings. The fraction of sp³-hybridized carbons (Fsp3) is 0.389. The number of rotatable bonds is 5. The number of carbonyl (C=O) groups excluding carboxylic acids is 3. The van der Waals surface area contributed by atoms with Crippen LogP contribution < -0.4 is 16.0 Å². The lowest BCUT2D eigenvalue weighted by Gasteiger charge is -2.28. The van der Waals surface area contributed by atoms with Gasteiger partial charge < -0.3 is 20.9 Å². The van der Waals surface area contributed by atoms with Crippen molar-refractivity contribution in [3.63, 3.8) is 0 Å². The molecule has 0 saturated heterocycles. The zero-order valence-corrected chi connectivity index (χ0v) is 16.0. The van der Waals surface area contributed by atoms with Gasteiger partial charge in [-0.2, -0.15) is 0 Å². The van der Waals surface area contributed by atoms with E-state index in [0.717, 1.165) is 0 Å². The number of nitrogens with one attached hydrogen (secondary N) is 4. The molecule has 0 aliphatic heterocycles. The number of anilines is 1. The van der Waals surface area contributed by atoms with Gasteiger partial charge in [0.15, 0.2) is 10.8 Å². The highest BCUT2D eigenvalue weighted by Crippen LogP contribution is 2.27. The highest BCUT2D eigenvalue weighted by Gasteiger charge is 2.29. The van der Waals surface area contributed by atoms with Gasteiger partial charge in [0.05, 0.1) is 12.0 Å². The van der Waals surface area contributed by atoms with Crippen molar-refractivity contribution < 1.29 is 14.4 Å². The number of halogens is 1. The minimum Gasteiger partial charge on any atom is -0.354 e. The van der Waals surface area contributed by atoms with Gasteiger partial charge in [-0.15, -0.1) is 0 Å². The summed E-state index contributed by atoms with van der Waals surface area (Å²) in [5, 5.41) is 8.41. The van der Waals surface area contributed by atoms with Crippen LogP contribution in [0.1, 0.15) is 46.7 Å². The van der Waals surface area contributed by atoms with Gasteiger partial charge in [-0.1, -0.05) is 11.6 Å². The van der Waals surface area contributed by atoms with Crippen LogP contribution in [0.3, 0.4) is 0 Å². The molecule has 2 aromatic rings. The van der Waals surface area contributed by atoms with E-state index in [-0.39, 0.29) is 40.3 Å². The Morgan fingerprint density at radius 2 is 1.89 bits per heavy atom. The maximum absolute atomic E-state index is 12.4. The number of pyridine rings is 1. The molecular formula is C18H21ClN6O3. The van der Waals surface area contributed by atoms with E-state index in [0.29, 0.717) is 31.4 Å². The van der Waals surface area contributed by atoms with Crippen molar-refractivity contribution >= 4 is 35.0 Å². The van der Waals surface area contributed by atoms with E-state index in [1.165, 1.54) is 13.4 Å². The molecule has 2 heterocycles. The summed E-state index contributed by atoms with van der Waals surface area (Å²) >= 11 is 5.97. The van der Waals surface area contributed by atoms with Gasteiger partial charge >= 0.3 is 0 Å². The van der Waals surface area contributed by atoms with Crippen LogP contribution in [0, 0.1) is 5.92 Å². The number of carbonyl (C=O) groups is 3. The lowest BCUT2D eigenvalue weighted by molar-refractivity contribution is -0.120. The number of nitrogens with zero attached hydrogens (tertiary/aromatic N) is 2. The largest absolute Gasteiger partial charge is 0.354 e. The van der Waals surface area contributed by atoms with Crippen LogP contribution in [0.4, 0.5) is 5.69 Å². The summed E-state index contributed by atoms with van der Waals surface area (Å²) in [6, 6.07) is 3.34. The lowest BCUT2D eigenvalue weighted by Crippen LogP contribution is -2.40. The Bertz CT molecular complexity index is 876. The van der Waals surface area contributed by atoms with Gasteiger partial charge in [-0.05, 0) is 37.8 Å². The molecule has 0 spiro atoms. The SMILES string of the molecule is CNC(=O)c1nc[nH]c1C(=O)N[C@H]1CC[C@H](C(=O)Nc2cccnc2Cl)CC1. The normalized spacial score (nSPS) is 18.9. The van der Waals surface area contributed by atoms with Gasteiger partial charge in [0.25, 0.3) is 11.8 Å². The van der Waals surface area contributed by atoms with E-state index in [4.69, 9.17) is 11.6 Å². The standard InChI is InChI=1S/C18H21ClN6O3/c1-20-17(27)13-14(23-9-22-13)18(28)24-11-6-4-10(5-7-11)16(26)25-12-3-2-8-21-15(12)19/h2-3,8-11H,4-7H2,1H3,(H,20,27)(H,22,23)(H,24,28)(H,25,26)/t10-,11-. The maximum Gasteiger partial charge on any atom is 0.272 e. The number of H-pyrrole nitrogens is 1. The van der Waals surface area contributed by atoms with Gasteiger partial charge in [0, 0.05) is 25.2 Å². The Balaban J connectivity index is 1.52. The second-order valence-corrected chi connectivity index (χ2v) is 6.92. The summed E-state index contributed by atoms with van der Waals surface area (Å²) in [4.78, 5) is 47.2. The molecule has 0 radical (unpaired) electrons. The van der Waals surface area contributed by atoms with Crippen LogP contribution in [-0.2, 0) is 4.79 Å². The molecule has 0 aromatic carbocycles. The zero-order chi connectivity index (χ0) is 20.1. The molecule has 1 aliphatic carbocycles.